The highest BCUT2D eigenvalue weighted by Gasteiger charge is 2.49. The van der Waals surface area contributed by atoms with Crippen LogP contribution in [0.4, 0.5) is 4.79 Å². The Morgan fingerprint density at radius 2 is 1.93 bits per heavy atom. The van der Waals surface area contributed by atoms with Crippen molar-refractivity contribution in [3.05, 3.63) is 0 Å². The van der Waals surface area contributed by atoms with Crippen molar-refractivity contribution in [3.63, 3.8) is 0 Å². The van der Waals surface area contributed by atoms with Gasteiger partial charge in [-0.15, -0.1) is 5.06 Å². The summed E-state index contributed by atoms with van der Waals surface area (Å²) in [6, 6.07) is 0. The van der Waals surface area contributed by atoms with Gasteiger partial charge < -0.3 is 14.9 Å². The van der Waals surface area contributed by atoms with Crippen LogP contribution in [0.2, 0.25) is 0 Å². The lowest BCUT2D eigenvalue weighted by Gasteiger charge is -2.54. The molecule has 0 aromatic heterocycles. The highest BCUT2D eigenvalue weighted by atomic mass is 16.8. The maximum atomic E-state index is 11.3. The molecule has 2 rings (SSSR count). The maximum Gasteiger partial charge on any atom is 0.528 e. The zero-order chi connectivity index (χ0) is 11.1. The molecule has 0 aromatic carbocycles. The molecule has 1 spiro atoms. The summed E-state index contributed by atoms with van der Waals surface area (Å²) in [5.41, 5.74) is -0.125. The monoisotopic (exact) mass is 214 g/mol. The second-order valence-corrected chi connectivity index (χ2v) is 5.46. The van der Waals surface area contributed by atoms with Gasteiger partial charge in [-0.2, -0.15) is 0 Å². The van der Waals surface area contributed by atoms with E-state index in [-0.39, 0.29) is 0 Å². The SMILES string of the molecule is CC(C)(C)OC(=O)ON1CC2(CNC2)C1. The molecule has 15 heavy (non-hydrogen) atoms. The number of hydrogen-bond donors (Lipinski definition) is 1. The summed E-state index contributed by atoms with van der Waals surface area (Å²) in [6.07, 6.45) is -0.607. The highest BCUT2D eigenvalue weighted by molar-refractivity contribution is 5.60. The molecule has 0 radical (unpaired) electrons. The predicted molar refractivity (Wildman–Crippen MR) is 54.2 cm³/mol. The van der Waals surface area contributed by atoms with Crippen LogP contribution in [0.25, 0.3) is 0 Å². The van der Waals surface area contributed by atoms with Gasteiger partial charge in [-0.1, -0.05) is 0 Å². The summed E-state index contributed by atoms with van der Waals surface area (Å²) in [5, 5.41) is 4.88. The molecule has 0 saturated carbocycles. The van der Waals surface area contributed by atoms with Gasteiger partial charge in [0.05, 0.1) is 0 Å². The number of carbonyl (C=O) groups excluding carboxylic acids is 1. The zero-order valence-electron chi connectivity index (χ0n) is 9.50. The van der Waals surface area contributed by atoms with Crippen LogP contribution in [0, 0.1) is 5.41 Å². The molecular formula is C10H18N2O3. The normalized spacial score (nSPS) is 24.2. The van der Waals surface area contributed by atoms with Crippen LogP contribution in [-0.2, 0) is 9.57 Å². The van der Waals surface area contributed by atoms with E-state index in [1.165, 1.54) is 0 Å². The Bertz CT molecular complexity index is 260. The molecule has 2 fully saturated rings. The number of nitrogens with one attached hydrogen (secondary N) is 1. The molecule has 2 aliphatic rings. The van der Waals surface area contributed by atoms with Crippen LogP contribution < -0.4 is 5.32 Å². The van der Waals surface area contributed by atoms with Gasteiger partial charge in [-0.3, -0.25) is 0 Å². The molecule has 0 bridgehead atoms. The van der Waals surface area contributed by atoms with E-state index < -0.39 is 11.8 Å². The van der Waals surface area contributed by atoms with E-state index >= 15 is 0 Å². The lowest BCUT2D eigenvalue weighted by molar-refractivity contribution is -0.236. The minimum atomic E-state index is -0.607. The van der Waals surface area contributed by atoms with Crippen LogP contribution in [0.15, 0.2) is 0 Å². The Hall–Kier alpha value is -0.810. The minimum absolute atomic E-state index is 0.363. The Kier molecular flexibility index (Phi) is 2.39. The van der Waals surface area contributed by atoms with Crippen molar-refractivity contribution in [2.24, 2.45) is 5.41 Å². The van der Waals surface area contributed by atoms with Crippen molar-refractivity contribution in [1.29, 1.82) is 0 Å². The quantitative estimate of drug-likeness (QED) is 0.653. The van der Waals surface area contributed by atoms with Gasteiger partial charge in [0.2, 0.25) is 0 Å². The topological polar surface area (TPSA) is 50.8 Å². The molecule has 0 unspecified atom stereocenters. The van der Waals surface area contributed by atoms with Crippen molar-refractivity contribution in [2.45, 2.75) is 26.4 Å². The van der Waals surface area contributed by atoms with E-state index in [1.54, 1.807) is 5.06 Å². The van der Waals surface area contributed by atoms with Gasteiger partial charge in [0.15, 0.2) is 0 Å². The van der Waals surface area contributed by atoms with Gasteiger partial charge in [0.1, 0.15) is 5.60 Å². The molecule has 2 aliphatic heterocycles. The lowest BCUT2D eigenvalue weighted by atomic mass is 9.76. The van der Waals surface area contributed by atoms with E-state index in [2.05, 4.69) is 5.32 Å². The average molecular weight is 214 g/mol. The second kappa shape index (κ2) is 3.35. The van der Waals surface area contributed by atoms with Crippen LogP contribution in [0.5, 0.6) is 0 Å². The Labute approximate surface area is 89.7 Å². The Balaban J connectivity index is 1.68. The third-order valence-corrected chi connectivity index (χ3v) is 2.62. The van der Waals surface area contributed by atoms with Crippen LogP contribution >= 0.6 is 0 Å². The summed E-state index contributed by atoms with van der Waals surface area (Å²) in [4.78, 5) is 16.3. The summed E-state index contributed by atoms with van der Waals surface area (Å²) in [6.45, 7) is 9.16. The first-order valence-electron chi connectivity index (χ1n) is 5.25. The predicted octanol–water partition coefficient (Wildman–Crippen LogP) is 0.758. The number of hydrogen-bond acceptors (Lipinski definition) is 5. The molecule has 0 aliphatic carbocycles. The molecule has 0 aromatic rings. The van der Waals surface area contributed by atoms with Gasteiger partial charge >= 0.3 is 6.16 Å². The third kappa shape index (κ3) is 2.41. The fourth-order valence-electron chi connectivity index (χ4n) is 1.84. The molecule has 86 valence electrons. The van der Waals surface area contributed by atoms with Gasteiger partial charge in [-0.05, 0) is 20.8 Å². The maximum absolute atomic E-state index is 11.3. The van der Waals surface area contributed by atoms with E-state index in [9.17, 15) is 4.79 Å². The fraction of sp³-hybridized carbons (Fsp3) is 0.900. The summed E-state index contributed by atoms with van der Waals surface area (Å²) < 4.78 is 5.05. The van der Waals surface area contributed by atoms with E-state index in [1.807, 2.05) is 20.8 Å². The van der Waals surface area contributed by atoms with Crippen LogP contribution in [0.3, 0.4) is 0 Å². The van der Waals surface area contributed by atoms with Gasteiger partial charge in [-0.25, -0.2) is 4.79 Å². The molecule has 5 nitrogen and oxygen atoms in total. The van der Waals surface area contributed by atoms with Crippen molar-refractivity contribution in [1.82, 2.24) is 10.4 Å². The Morgan fingerprint density at radius 3 is 2.33 bits per heavy atom. The van der Waals surface area contributed by atoms with E-state index in [0.29, 0.717) is 5.41 Å². The van der Waals surface area contributed by atoms with Crippen molar-refractivity contribution >= 4 is 6.16 Å². The minimum Gasteiger partial charge on any atom is -0.427 e. The van der Waals surface area contributed by atoms with Crippen molar-refractivity contribution < 1.29 is 14.4 Å². The molecule has 1 N–H and O–H groups in total. The number of rotatable bonds is 1. The first-order chi connectivity index (χ1) is 6.89. The first kappa shape index (κ1) is 10.7. The molecule has 2 heterocycles. The molecule has 5 heteroatoms. The van der Waals surface area contributed by atoms with Gasteiger partial charge in [0, 0.05) is 31.6 Å². The fourth-order valence-corrected chi connectivity index (χ4v) is 1.84. The Morgan fingerprint density at radius 1 is 1.33 bits per heavy atom. The molecular weight excluding hydrogens is 196 g/mol. The average Bonchev–Trinajstić information content (AvgIpc) is 1.87. The summed E-state index contributed by atoms with van der Waals surface area (Å²) >= 11 is 0. The number of nitrogens with zero attached hydrogens (tertiary/aromatic N) is 1. The first-order valence-corrected chi connectivity index (χ1v) is 5.25. The number of carbonyl (C=O) groups is 1. The number of hydroxylamine groups is 2. The molecule has 2 saturated heterocycles. The molecule has 0 amide bonds. The van der Waals surface area contributed by atoms with Crippen molar-refractivity contribution in [3.8, 4) is 0 Å². The standard InChI is InChI=1S/C10H18N2O3/c1-9(2,3)14-8(13)15-12-6-10(7-12)4-11-5-10/h11H,4-7H2,1-3H3. The second-order valence-electron chi connectivity index (χ2n) is 5.46. The van der Waals surface area contributed by atoms with Gasteiger partial charge in [0.25, 0.3) is 0 Å². The largest absolute Gasteiger partial charge is 0.528 e. The third-order valence-electron chi connectivity index (χ3n) is 2.62. The zero-order valence-corrected chi connectivity index (χ0v) is 9.50. The van der Waals surface area contributed by atoms with Crippen LogP contribution in [0.1, 0.15) is 20.8 Å². The smallest absolute Gasteiger partial charge is 0.427 e. The summed E-state index contributed by atoms with van der Waals surface area (Å²) in [5.74, 6) is 0. The van der Waals surface area contributed by atoms with Crippen LogP contribution in [-0.4, -0.2) is 43.0 Å². The summed E-state index contributed by atoms with van der Waals surface area (Å²) in [7, 11) is 0. The molecule has 0 atom stereocenters. The van der Waals surface area contributed by atoms with E-state index in [0.717, 1.165) is 26.2 Å². The highest BCUT2D eigenvalue weighted by Crippen LogP contribution is 2.34. The number of ether oxygens (including phenoxy) is 1. The lowest BCUT2D eigenvalue weighted by Crippen LogP contribution is -2.71. The van der Waals surface area contributed by atoms with Crippen molar-refractivity contribution in [2.75, 3.05) is 26.2 Å². The van der Waals surface area contributed by atoms with E-state index in [4.69, 9.17) is 9.57 Å².